The van der Waals surface area contributed by atoms with Gasteiger partial charge in [0, 0.05) is 44.2 Å². The maximum atomic E-state index is 13.6. The highest BCUT2D eigenvalue weighted by molar-refractivity contribution is 5.38. The summed E-state index contributed by atoms with van der Waals surface area (Å²) in [6.45, 7) is 3.36. The van der Waals surface area contributed by atoms with Crippen LogP contribution in [0.2, 0.25) is 0 Å². The minimum Gasteiger partial charge on any atom is -0.298 e. The van der Waals surface area contributed by atoms with Gasteiger partial charge in [-0.05, 0) is 60.6 Å². The van der Waals surface area contributed by atoms with Gasteiger partial charge in [-0.2, -0.15) is 26.3 Å². The Morgan fingerprint density at radius 3 is 1.64 bits per heavy atom. The summed E-state index contributed by atoms with van der Waals surface area (Å²) in [6.07, 6.45) is -1.62. The van der Waals surface area contributed by atoms with E-state index in [-0.39, 0.29) is 30.0 Å². The highest BCUT2D eigenvalue weighted by Gasteiger charge is 2.38. The summed E-state index contributed by atoms with van der Waals surface area (Å²) in [5.41, 5.74) is -0.440. The maximum absolute atomic E-state index is 13.6. The Kier molecular flexibility index (Phi) is 9.63. The van der Waals surface area contributed by atoms with E-state index in [1.165, 1.54) is 32.1 Å². The van der Waals surface area contributed by atoms with Crippen LogP contribution in [0.4, 0.5) is 26.3 Å². The van der Waals surface area contributed by atoms with E-state index < -0.39 is 23.5 Å². The zero-order valence-electron chi connectivity index (χ0n) is 23.5. The summed E-state index contributed by atoms with van der Waals surface area (Å²) in [4.78, 5) is 4.93. The van der Waals surface area contributed by atoms with E-state index in [2.05, 4.69) is 9.80 Å². The molecule has 1 aliphatic heterocycles. The highest BCUT2D eigenvalue weighted by Crippen LogP contribution is 2.38. The summed E-state index contributed by atoms with van der Waals surface area (Å²) < 4.78 is 81.6. The number of alkyl halides is 6. The van der Waals surface area contributed by atoms with Crippen molar-refractivity contribution in [1.82, 2.24) is 9.80 Å². The molecule has 5 rings (SSSR count). The van der Waals surface area contributed by atoms with Gasteiger partial charge >= 0.3 is 12.4 Å². The SMILES string of the molecule is FC(F)(F)c1cc(C[CH]C(C(c2ccccc2)c2ccccc2)N2CCN(C3CCCCC3)CC2)cc(C(F)(F)F)c1. The van der Waals surface area contributed by atoms with Gasteiger partial charge in [0.25, 0.3) is 0 Å². The number of piperazine rings is 1. The topological polar surface area (TPSA) is 6.48 Å². The Balaban J connectivity index is 1.46. The van der Waals surface area contributed by atoms with Crippen LogP contribution >= 0.6 is 0 Å². The minimum atomic E-state index is -4.87. The molecule has 0 bridgehead atoms. The van der Waals surface area contributed by atoms with Gasteiger partial charge in [0.1, 0.15) is 0 Å². The van der Waals surface area contributed by atoms with Gasteiger partial charge in [0.05, 0.1) is 11.1 Å². The van der Waals surface area contributed by atoms with E-state index in [1.807, 2.05) is 67.1 Å². The lowest BCUT2D eigenvalue weighted by Crippen LogP contribution is -2.55. The van der Waals surface area contributed by atoms with Crippen LogP contribution < -0.4 is 0 Å². The lowest BCUT2D eigenvalue weighted by atomic mass is 9.81. The first-order valence-corrected chi connectivity index (χ1v) is 14.8. The number of hydrogen-bond acceptors (Lipinski definition) is 2. The van der Waals surface area contributed by atoms with Crippen molar-refractivity contribution in [3.8, 4) is 0 Å². The summed E-state index contributed by atoms with van der Waals surface area (Å²) in [5.74, 6) is -0.137. The van der Waals surface area contributed by atoms with Crippen LogP contribution in [-0.2, 0) is 18.8 Å². The van der Waals surface area contributed by atoms with Crippen LogP contribution in [0.3, 0.4) is 0 Å². The quantitative estimate of drug-likeness (QED) is 0.244. The molecule has 0 aromatic heterocycles. The van der Waals surface area contributed by atoms with Crippen molar-refractivity contribution in [1.29, 1.82) is 0 Å². The Morgan fingerprint density at radius 2 is 1.17 bits per heavy atom. The number of rotatable bonds is 8. The predicted molar refractivity (Wildman–Crippen MR) is 153 cm³/mol. The van der Waals surface area contributed by atoms with Crippen LogP contribution in [0.25, 0.3) is 0 Å². The van der Waals surface area contributed by atoms with E-state index in [0.29, 0.717) is 6.04 Å². The predicted octanol–water partition coefficient (Wildman–Crippen LogP) is 8.62. The zero-order chi connectivity index (χ0) is 29.7. The first kappa shape index (κ1) is 30.6. The Labute approximate surface area is 244 Å². The van der Waals surface area contributed by atoms with Gasteiger partial charge in [0.15, 0.2) is 0 Å². The molecule has 0 N–H and O–H groups in total. The minimum absolute atomic E-state index is 0.00265. The van der Waals surface area contributed by atoms with E-state index in [4.69, 9.17) is 0 Å². The fraction of sp³-hybridized carbons (Fsp3) is 0.441. The van der Waals surface area contributed by atoms with Crippen molar-refractivity contribution < 1.29 is 26.3 Å². The smallest absolute Gasteiger partial charge is 0.298 e. The molecule has 0 amide bonds. The lowest BCUT2D eigenvalue weighted by Gasteiger charge is -2.45. The van der Waals surface area contributed by atoms with Gasteiger partial charge in [-0.15, -0.1) is 0 Å². The Morgan fingerprint density at radius 1 is 0.667 bits per heavy atom. The molecule has 1 atom stereocenters. The molecule has 8 heteroatoms. The molecular formula is C34H37F6N2. The molecule has 225 valence electrons. The standard InChI is InChI=1S/C34H37F6N2/c35-33(36,37)28-22-25(23-29(24-28)34(38,39)40)16-17-31(42-20-18-41(19-21-42)30-14-8-3-9-15-30)32(26-10-4-1-5-11-26)27-12-6-2-7-13-27/h1-2,4-7,10-13,17,22-24,30-32H,3,8-9,14-16,18-21H2. The van der Waals surface area contributed by atoms with Gasteiger partial charge in [-0.1, -0.05) is 79.9 Å². The molecule has 0 spiro atoms. The van der Waals surface area contributed by atoms with Gasteiger partial charge in [-0.3, -0.25) is 9.80 Å². The molecule has 2 aliphatic rings. The molecule has 1 aliphatic carbocycles. The molecule has 1 saturated heterocycles. The van der Waals surface area contributed by atoms with Crippen molar-refractivity contribution in [2.45, 2.75) is 68.9 Å². The second-order valence-corrected chi connectivity index (χ2v) is 11.5. The molecule has 1 saturated carbocycles. The maximum Gasteiger partial charge on any atom is 0.416 e. The van der Waals surface area contributed by atoms with Crippen LogP contribution in [0.15, 0.2) is 78.9 Å². The van der Waals surface area contributed by atoms with Gasteiger partial charge < -0.3 is 0 Å². The summed E-state index contributed by atoms with van der Waals surface area (Å²) in [6, 6.07) is 22.2. The molecule has 1 unspecified atom stereocenters. The normalized spacial score (nSPS) is 18.8. The summed E-state index contributed by atoms with van der Waals surface area (Å²) in [7, 11) is 0. The second kappa shape index (κ2) is 13.2. The molecule has 1 heterocycles. The Bertz CT molecular complexity index is 1190. The number of hydrogen-bond donors (Lipinski definition) is 0. The molecule has 1 radical (unpaired) electrons. The van der Waals surface area contributed by atoms with Crippen molar-refractivity contribution in [3.05, 3.63) is 113 Å². The summed E-state index contributed by atoms with van der Waals surface area (Å²) in [5, 5.41) is 0. The first-order chi connectivity index (χ1) is 20.1. The lowest BCUT2D eigenvalue weighted by molar-refractivity contribution is -0.143. The molecule has 3 aromatic carbocycles. The van der Waals surface area contributed by atoms with Crippen molar-refractivity contribution in [3.63, 3.8) is 0 Å². The third-order valence-corrected chi connectivity index (χ3v) is 8.76. The van der Waals surface area contributed by atoms with E-state index in [1.54, 1.807) is 0 Å². The van der Waals surface area contributed by atoms with E-state index in [0.717, 1.165) is 49.4 Å². The largest absolute Gasteiger partial charge is 0.416 e. The number of benzene rings is 3. The van der Waals surface area contributed by atoms with Crippen molar-refractivity contribution in [2.75, 3.05) is 26.2 Å². The second-order valence-electron chi connectivity index (χ2n) is 11.5. The molecule has 42 heavy (non-hydrogen) atoms. The van der Waals surface area contributed by atoms with Gasteiger partial charge in [0.2, 0.25) is 0 Å². The van der Waals surface area contributed by atoms with Crippen molar-refractivity contribution in [2.24, 2.45) is 0 Å². The molecule has 2 nitrogen and oxygen atoms in total. The van der Waals surface area contributed by atoms with E-state index in [9.17, 15) is 26.3 Å². The average Bonchev–Trinajstić information content (AvgIpc) is 3.00. The van der Waals surface area contributed by atoms with E-state index >= 15 is 0 Å². The fourth-order valence-electron chi connectivity index (χ4n) is 6.64. The first-order valence-electron chi connectivity index (χ1n) is 14.8. The number of nitrogens with zero attached hydrogens (tertiary/aromatic N) is 2. The number of halogens is 6. The average molecular weight is 588 g/mol. The third-order valence-electron chi connectivity index (χ3n) is 8.76. The highest BCUT2D eigenvalue weighted by atomic mass is 19.4. The third kappa shape index (κ3) is 7.56. The Hall–Kier alpha value is -2.84. The van der Waals surface area contributed by atoms with Crippen LogP contribution in [0, 0.1) is 6.42 Å². The van der Waals surface area contributed by atoms with Crippen LogP contribution in [-0.4, -0.2) is 48.1 Å². The van der Waals surface area contributed by atoms with Crippen molar-refractivity contribution >= 4 is 0 Å². The van der Waals surface area contributed by atoms with Crippen LogP contribution in [0.1, 0.15) is 65.8 Å². The fourth-order valence-corrected chi connectivity index (χ4v) is 6.64. The molecule has 2 fully saturated rings. The summed E-state index contributed by atoms with van der Waals surface area (Å²) >= 11 is 0. The van der Waals surface area contributed by atoms with Crippen LogP contribution in [0.5, 0.6) is 0 Å². The monoisotopic (exact) mass is 587 g/mol. The molecule has 3 aromatic rings. The molecular weight excluding hydrogens is 550 g/mol. The zero-order valence-corrected chi connectivity index (χ0v) is 23.5. The van der Waals surface area contributed by atoms with Gasteiger partial charge in [-0.25, -0.2) is 0 Å².